The predicted molar refractivity (Wildman–Crippen MR) is 94.5 cm³/mol. The van der Waals surface area contributed by atoms with E-state index in [2.05, 4.69) is 26.7 Å². The summed E-state index contributed by atoms with van der Waals surface area (Å²) in [6, 6.07) is 12.7. The van der Waals surface area contributed by atoms with Gasteiger partial charge >= 0.3 is 6.03 Å². The number of hydrogen-bond donors (Lipinski definition) is 5. The summed E-state index contributed by atoms with van der Waals surface area (Å²) in [5, 5.41) is 13.5. The van der Waals surface area contributed by atoms with Gasteiger partial charge < -0.3 is 15.5 Å². The average Bonchev–Trinajstić information content (AvgIpc) is 2.59. The molecule has 1 heterocycles. The number of carbonyl (C=O) groups is 1. The van der Waals surface area contributed by atoms with Gasteiger partial charge in [-0.25, -0.2) is 9.18 Å². The van der Waals surface area contributed by atoms with Crippen molar-refractivity contribution in [1.29, 1.82) is 0 Å². The summed E-state index contributed by atoms with van der Waals surface area (Å²) in [4.78, 5) is 17.0. The molecule has 0 radical (unpaired) electrons. The van der Waals surface area contributed by atoms with Gasteiger partial charge in [-0.3, -0.25) is 10.6 Å². The maximum absolute atomic E-state index is 14.0. The average molecular weight is 347 g/mol. The number of alkyl halides is 1. The lowest BCUT2D eigenvalue weighted by Crippen LogP contribution is -2.72. The van der Waals surface area contributed by atoms with E-state index in [9.17, 15) is 9.18 Å². The lowest BCUT2D eigenvalue weighted by Gasteiger charge is -2.38. The van der Waals surface area contributed by atoms with E-state index in [1.165, 1.54) is 7.11 Å². The Morgan fingerprint density at radius 2 is 1.92 bits per heavy atom. The van der Waals surface area contributed by atoms with Crippen molar-refractivity contribution >= 4 is 22.5 Å². The van der Waals surface area contributed by atoms with E-state index in [1.807, 2.05) is 42.5 Å². The van der Waals surface area contributed by atoms with Crippen LogP contribution in [0.4, 0.5) is 14.9 Å². The van der Waals surface area contributed by atoms with Gasteiger partial charge in [-0.2, -0.15) is 5.48 Å². The van der Waals surface area contributed by atoms with E-state index < -0.39 is 30.7 Å². The third kappa shape index (κ3) is 4.23. The second-order valence-electron chi connectivity index (χ2n) is 5.96. The summed E-state index contributed by atoms with van der Waals surface area (Å²) in [6.45, 7) is 1.70. The molecular weight excluding hydrogens is 325 g/mol. The van der Waals surface area contributed by atoms with Crippen LogP contribution >= 0.6 is 0 Å². The zero-order valence-corrected chi connectivity index (χ0v) is 14.0. The lowest BCUT2D eigenvalue weighted by atomic mass is 10.1. The summed E-state index contributed by atoms with van der Waals surface area (Å²) in [7, 11) is 1.41. The number of benzene rings is 2. The Balaban J connectivity index is 1.61. The van der Waals surface area contributed by atoms with Crippen LogP contribution in [-0.4, -0.2) is 37.8 Å². The molecule has 8 heteroatoms. The van der Waals surface area contributed by atoms with Crippen molar-refractivity contribution in [3.05, 3.63) is 42.5 Å². The number of halogens is 1. The van der Waals surface area contributed by atoms with Crippen molar-refractivity contribution in [3.63, 3.8) is 0 Å². The van der Waals surface area contributed by atoms with E-state index in [-0.39, 0.29) is 0 Å². The second-order valence-corrected chi connectivity index (χ2v) is 5.96. The lowest BCUT2D eigenvalue weighted by molar-refractivity contribution is -0.0163. The minimum absolute atomic E-state index is 0.402. The van der Waals surface area contributed by atoms with Gasteiger partial charge in [0.15, 0.2) is 0 Å². The fraction of sp³-hybridized carbons (Fsp3) is 0.353. The number of hydrogen-bond acceptors (Lipinski definition) is 5. The summed E-state index contributed by atoms with van der Waals surface area (Å²) in [5.74, 6) is 0. The van der Waals surface area contributed by atoms with E-state index in [4.69, 9.17) is 4.84 Å². The molecule has 2 amide bonds. The van der Waals surface area contributed by atoms with E-state index in [0.29, 0.717) is 5.69 Å². The summed E-state index contributed by atoms with van der Waals surface area (Å²) in [5.41, 5.74) is 3.22. The van der Waals surface area contributed by atoms with Crippen molar-refractivity contribution in [1.82, 2.24) is 21.4 Å². The standard InChI is InChI=1S/C17H22FN5O2/c1-10-14(18)15(23-25-2)21-16(19-10)22-17(24)20-13-8-7-11-5-3-4-6-12(11)9-13/h3-10,14-16,19,21,23H,1-2H3,(H2,20,22,24). The van der Waals surface area contributed by atoms with Crippen LogP contribution in [0, 0.1) is 0 Å². The molecule has 134 valence electrons. The van der Waals surface area contributed by atoms with Crippen molar-refractivity contribution in [2.24, 2.45) is 0 Å². The molecule has 1 saturated heterocycles. The number of anilines is 1. The second kappa shape index (κ2) is 7.75. The van der Waals surface area contributed by atoms with Gasteiger partial charge in [0.2, 0.25) is 0 Å². The minimum atomic E-state index is -1.21. The first kappa shape index (κ1) is 17.6. The Morgan fingerprint density at radius 3 is 2.68 bits per heavy atom. The van der Waals surface area contributed by atoms with Gasteiger partial charge in [0.25, 0.3) is 0 Å². The molecule has 0 spiro atoms. The zero-order valence-electron chi connectivity index (χ0n) is 14.0. The number of carbonyl (C=O) groups excluding carboxylic acids is 1. The number of fused-ring (bicyclic) bond motifs is 1. The quantitative estimate of drug-likeness (QED) is 0.543. The van der Waals surface area contributed by atoms with Crippen LogP contribution < -0.4 is 26.7 Å². The monoisotopic (exact) mass is 347 g/mol. The normalized spacial score (nSPS) is 26.4. The van der Waals surface area contributed by atoms with Crippen molar-refractivity contribution in [2.45, 2.75) is 31.6 Å². The largest absolute Gasteiger partial charge is 0.321 e. The van der Waals surface area contributed by atoms with Crippen LogP contribution in [0.15, 0.2) is 42.5 Å². The van der Waals surface area contributed by atoms with E-state index in [1.54, 1.807) is 6.92 Å². The number of hydroxylamine groups is 1. The highest BCUT2D eigenvalue weighted by Gasteiger charge is 2.35. The Bertz CT molecular complexity index is 744. The number of amides is 2. The molecule has 7 nitrogen and oxygen atoms in total. The van der Waals surface area contributed by atoms with Crippen molar-refractivity contribution in [2.75, 3.05) is 12.4 Å². The Kier molecular flexibility index (Phi) is 5.44. The Labute approximate surface area is 145 Å². The third-order valence-corrected chi connectivity index (χ3v) is 4.10. The predicted octanol–water partition coefficient (Wildman–Crippen LogP) is 1.64. The number of nitrogens with one attached hydrogen (secondary N) is 5. The van der Waals surface area contributed by atoms with Gasteiger partial charge in [0.05, 0.1) is 7.11 Å². The molecule has 1 aliphatic heterocycles. The zero-order chi connectivity index (χ0) is 17.8. The van der Waals surface area contributed by atoms with Crippen LogP contribution in [-0.2, 0) is 4.84 Å². The topological polar surface area (TPSA) is 86.5 Å². The van der Waals surface area contributed by atoms with Crippen LogP contribution in [0.5, 0.6) is 0 Å². The molecule has 2 aromatic rings. The fourth-order valence-electron chi connectivity index (χ4n) is 2.84. The third-order valence-electron chi connectivity index (χ3n) is 4.10. The molecule has 25 heavy (non-hydrogen) atoms. The molecule has 2 aromatic carbocycles. The molecular formula is C17H22FN5O2. The first-order valence-electron chi connectivity index (χ1n) is 8.08. The maximum atomic E-state index is 14.0. The molecule has 5 N–H and O–H groups in total. The molecule has 0 aromatic heterocycles. The molecule has 4 atom stereocenters. The first-order valence-corrected chi connectivity index (χ1v) is 8.08. The molecule has 0 aliphatic carbocycles. The van der Waals surface area contributed by atoms with Gasteiger partial charge in [-0.05, 0) is 29.8 Å². The summed E-state index contributed by atoms with van der Waals surface area (Å²) < 4.78 is 14.0. The van der Waals surface area contributed by atoms with Crippen LogP contribution in [0.3, 0.4) is 0 Å². The van der Waals surface area contributed by atoms with Crippen molar-refractivity contribution in [3.8, 4) is 0 Å². The maximum Gasteiger partial charge on any atom is 0.321 e. The van der Waals surface area contributed by atoms with Gasteiger partial charge in [-0.1, -0.05) is 30.3 Å². The highest BCUT2D eigenvalue weighted by Crippen LogP contribution is 2.18. The van der Waals surface area contributed by atoms with Crippen LogP contribution in [0.25, 0.3) is 10.8 Å². The number of urea groups is 1. The van der Waals surface area contributed by atoms with Gasteiger partial charge in [-0.15, -0.1) is 0 Å². The minimum Gasteiger partial charge on any atom is -0.310 e. The Hall–Kier alpha value is -2.26. The molecule has 1 fully saturated rings. The van der Waals surface area contributed by atoms with Crippen molar-refractivity contribution < 1.29 is 14.0 Å². The highest BCUT2D eigenvalue weighted by molar-refractivity contribution is 5.93. The highest BCUT2D eigenvalue weighted by atomic mass is 19.1. The number of rotatable bonds is 4. The SMILES string of the molecule is CONC1NC(NC(=O)Nc2ccc3ccccc3c2)NC(C)C1F. The molecule has 0 saturated carbocycles. The summed E-state index contributed by atoms with van der Waals surface area (Å²) in [6.07, 6.45) is -2.54. The fourth-order valence-corrected chi connectivity index (χ4v) is 2.84. The first-order chi connectivity index (χ1) is 12.1. The Morgan fingerprint density at radius 1 is 1.16 bits per heavy atom. The van der Waals surface area contributed by atoms with Gasteiger partial charge in [0.1, 0.15) is 18.6 Å². The molecule has 4 unspecified atom stereocenters. The smallest absolute Gasteiger partial charge is 0.310 e. The van der Waals surface area contributed by atoms with Gasteiger partial charge in [0, 0.05) is 11.7 Å². The van der Waals surface area contributed by atoms with Crippen LogP contribution in [0.2, 0.25) is 0 Å². The molecule has 1 aliphatic rings. The molecule has 0 bridgehead atoms. The summed E-state index contributed by atoms with van der Waals surface area (Å²) >= 11 is 0. The van der Waals surface area contributed by atoms with Crippen LogP contribution in [0.1, 0.15) is 6.92 Å². The van der Waals surface area contributed by atoms with E-state index in [0.717, 1.165) is 10.8 Å². The van der Waals surface area contributed by atoms with E-state index >= 15 is 0 Å². The molecule has 3 rings (SSSR count).